The van der Waals surface area contributed by atoms with Crippen LogP contribution in [0.25, 0.3) is 0 Å². The molecule has 19 heavy (non-hydrogen) atoms. The molecule has 0 saturated heterocycles. The first-order valence-electron chi connectivity index (χ1n) is 5.78. The first kappa shape index (κ1) is 17.7. The van der Waals surface area contributed by atoms with Crippen LogP contribution in [0.2, 0.25) is 0 Å². The molecule has 1 amide bonds. The minimum atomic E-state index is -4.43. The van der Waals surface area contributed by atoms with Gasteiger partial charge in [-0.1, -0.05) is 13.8 Å². The summed E-state index contributed by atoms with van der Waals surface area (Å²) < 4.78 is 39.5. The summed E-state index contributed by atoms with van der Waals surface area (Å²) in [5.74, 6) is -1.74. The van der Waals surface area contributed by atoms with E-state index in [0.29, 0.717) is 0 Å². The van der Waals surface area contributed by atoms with Gasteiger partial charge < -0.3 is 15.2 Å². The first-order valence-corrected chi connectivity index (χ1v) is 5.78. The Morgan fingerprint density at radius 1 is 1.32 bits per heavy atom. The molecule has 0 bridgehead atoms. The number of carbonyl (C=O) groups excluding carboxylic acids is 1. The van der Waals surface area contributed by atoms with Crippen molar-refractivity contribution >= 4 is 11.9 Å². The monoisotopic (exact) mass is 285 g/mol. The SMILES string of the molecule is CC(C)C[C@@H](NC(=O)CCOCC(F)(F)F)C(=O)O. The van der Waals surface area contributed by atoms with E-state index in [1.807, 2.05) is 0 Å². The second kappa shape index (κ2) is 7.98. The number of hydrogen-bond acceptors (Lipinski definition) is 3. The van der Waals surface area contributed by atoms with Crippen molar-refractivity contribution in [3.63, 3.8) is 0 Å². The number of amides is 1. The van der Waals surface area contributed by atoms with Crippen molar-refractivity contribution in [2.24, 2.45) is 5.92 Å². The Kier molecular flexibility index (Phi) is 7.43. The van der Waals surface area contributed by atoms with Crippen LogP contribution in [0.3, 0.4) is 0 Å². The molecule has 2 N–H and O–H groups in total. The van der Waals surface area contributed by atoms with Gasteiger partial charge in [-0.25, -0.2) is 4.79 Å². The molecule has 0 aliphatic carbocycles. The van der Waals surface area contributed by atoms with Gasteiger partial charge in [0.1, 0.15) is 12.6 Å². The predicted octanol–water partition coefficient (Wildman–Crippen LogP) is 1.57. The largest absolute Gasteiger partial charge is 0.480 e. The van der Waals surface area contributed by atoms with Crippen LogP contribution >= 0.6 is 0 Å². The van der Waals surface area contributed by atoms with Crippen molar-refractivity contribution in [1.82, 2.24) is 5.32 Å². The molecule has 0 aromatic carbocycles. The third-order valence-electron chi connectivity index (χ3n) is 2.08. The Labute approximate surface area is 109 Å². The zero-order valence-electron chi connectivity index (χ0n) is 10.8. The van der Waals surface area contributed by atoms with Crippen LogP contribution in [-0.4, -0.2) is 42.4 Å². The van der Waals surface area contributed by atoms with Gasteiger partial charge in [-0.15, -0.1) is 0 Å². The standard InChI is InChI=1S/C11H18F3NO4/c1-7(2)5-8(10(17)18)15-9(16)3-4-19-6-11(12,13)14/h7-8H,3-6H2,1-2H3,(H,15,16)(H,17,18)/t8-/m1/s1. The van der Waals surface area contributed by atoms with Crippen LogP contribution in [0.5, 0.6) is 0 Å². The lowest BCUT2D eigenvalue weighted by molar-refractivity contribution is -0.174. The first-order chi connectivity index (χ1) is 8.61. The average Bonchev–Trinajstić information content (AvgIpc) is 2.21. The minimum Gasteiger partial charge on any atom is -0.480 e. The quantitative estimate of drug-likeness (QED) is 0.664. The molecule has 0 fully saturated rings. The van der Waals surface area contributed by atoms with E-state index in [4.69, 9.17) is 5.11 Å². The summed E-state index contributed by atoms with van der Waals surface area (Å²) in [6.07, 6.45) is -4.49. The Balaban J connectivity index is 3.97. The maximum atomic E-state index is 11.7. The normalized spacial score (nSPS) is 13.4. The molecule has 5 nitrogen and oxygen atoms in total. The molecule has 0 aliphatic heterocycles. The van der Waals surface area contributed by atoms with Crippen LogP contribution in [0.1, 0.15) is 26.7 Å². The number of halogens is 3. The van der Waals surface area contributed by atoms with E-state index in [0.717, 1.165) is 0 Å². The summed E-state index contributed by atoms with van der Waals surface area (Å²) in [5, 5.41) is 11.1. The molecule has 0 unspecified atom stereocenters. The Hall–Kier alpha value is -1.31. The highest BCUT2D eigenvalue weighted by Crippen LogP contribution is 2.14. The maximum Gasteiger partial charge on any atom is 0.411 e. The van der Waals surface area contributed by atoms with Gasteiger partial charge in [0.2, 0.25) is 5.91 Å². The van der Waals surface area contributed by atoms with E-state index in [1.165, 1.54) is 0 Å². The van der Waals surface area contributed by atoms with Crippen LogP contribution in [0.15, 0.2) is 0 Å². The number of aliphatic carboxylic acids is 1. The van der Waals surface area contributed by atoms with E-state index < -0.39 is 37.3 Å². The molecule has 0 aromatic heterocycles. The fourth-order valence-electron chi connectivity index (χ4n) is 1.31. The molecule has 0 heterocycles. The van der Waals surface area contributed by atoms with Gasteiger partial charge in [-0.2, -0.15) is 13.2 Å². The van der Waals surface area contributed by atoms with Gasteiger partial charge >= 0.3 is 12.1 Å². The Morgan fingerprint density at radius 2 is 1.89 bits per heavy atom. The lowest BCUT2D eigenvalue weighted by Crippen LogP contribution is -2.42. The fourth-order valence-corrected chi connectivity index (χ4v) is 1.31. The van der Waals surface area contributed by atoms with E-state index >= 15 is 0 Å². The number of carboxylic acid groups (broad SMARTS) is 1. The fraction of sp³-hybridized carbons (Fsp3) is 0.818. The zero-order valence-corrected chi connectivity index (χ0v) is 10.8. The molecule has 112 valence electrons. The van der Waals surface area contributed by atoms with E-state index in [1.54, 1.807) is 13.8 Å². The van der Waals surface area contributed by atoms with Crippen LogP contribution in [0, 0.1) is 5.92 Å². The zero-order chi connectivity index (χ0) is 15.1. The lowest BCUT2D eigenvalue weighted by atomic mass is 10.0. The molecule has 8 heteroatoms. The van der Waals surface area contributed by atoms with Gasteiger partial charge in [0.25, 0.3) is 0 Å². The molecule has 0 saturated carbocycles. The third kappa shape index (κ3) is 10.3. The summed E-state index contributed by atoms with van der Waals surface area (Å²) >= 11 is 0. The van der Waals surface area contributed by atoms with Crippen molar-refractivity contribution in [2.45, 2.75) is 38.9 Å². The minimum absolute atomic E-state index is 0.0721. The van der Waals surface area contributed by atoms with Crippen molar-refractivity contribution < 1.29 is 32.6 Å². The predicted molar refractivity (Wildman–Crippen MR) is 60.5 cm³/mol. The summed E-state index contributed by atoms with van der Waals surface area (Å²) in [6.45, 7) is 1.77. The van der Waals surface area contributed by atoms with E-state index in [-0.39, 0.29) is 18.8 Å². The Bertz CT molecular complexity index is 305. The van der Waals surface area contributed by atoms with Crippen LogP contribution in [0.4, 0.5) is 13.2 Å². The smallest absolute Gasteiger partial charge is 0.411 e. The van der Waals surface area contributed by atoms with Crippen molar-refractivity contribution in [3.8, 4) is 0 Å². The summed E-state index contributed by atoms with van der Waals surface area (Å²) in [4.78, 5) is 22.2. The van der Waals surface area contributed by atoms with Crippen molar-refractivity contribution in [1.29, 1.82) is 0 Å². The molecule has 1 atom stereocenters. The number of rotatable bonds is 8. The lowest BCUT2D eigenvalue weighted by Gasteiger charge is -2.16. The molecular weight excluding hydrogens is 267 g/mol. The summed E-state index contributed by atoms with van der Waals surface area (Å²) in [5.41, 5.74) is 0. The van der Waals surface area contributed by atoms with Gasteiger partial charge in [-0.3, -0.25) is 4.79 Å². The average molecular weight is 285 g/mol. The van der Waals surface area contributed by atoms with Crippen LogP contribution < -0.4 is 5.32 Å². The van der Waals surface area contributed by atoms with E-state index in [9.17, 15) is 22.8 Å². The highest BCUT2D eigenvalue weighted by molar-refractivity contribution is 5.83. The number of ether oxygens (including phenoxy) is 1. The second-order valence-corrected chi connectivity index (χ2v) is 4.51. The number of carbonyl (C=O) groups is 2. The van der Waals surface area contributed by atoms with Crippen LogP contribution in [-0.2, 0) is 14.3 Å². The number of alkyl halides is 3. The maximum absolute atomic E-state index is 11.7. The van der Waals surface area contributed by atoms with Gasteiger partial charge in [0.15, 0.2) is 0 Å². The highest BCUT2D eigenvalue weighted by atomic mass is 19.4. The highest BCUT2D eigenvalue weighted by Gasteiger charge is 2.27. The molecule has 0 spiro atoms. The number of nitrogens with one attached hydrogen (secondary N) is 1. The van der Waals surface area contributed by atoms with Gasteiger partial charge in [-0.05, 0) is 12.3 Å². The van der Waals surface area contributed by atoms with E-state index in [2.05, 4.69) is 10.1 Å². The third-order valence-corrected chi connectivity index (χ3v) is 2.08. The number of hydrogen-bond donors (Lipinski definition) is 2. The summed E-state index contributed by atoms with van der Waals surface area (Å²) in [6, 6.07) is -1.03. The molecule has 0 radical (unpaired) electrons. The summed E-state index contributed by atoms with van der Waals surface area (Å²) in [7, 11) is 0. The second-order valence-electron chi connectivity index (χ2n) is 4.51. The van der Waals surface area contributed by atoms with Crippen molar-refractivity contribution in [3.05, 3.63) is 0 Å². The Morgan fingerprint density at radius 3 is 2.32 bits per heavy atom. The molecule has 0 aliphatic rings. The topological polar surface area (TPSA) is 75.6 Å². The molecule has 0 aromatic rings. The van der Waals surface area contributed by atoms with Gasteiger partial charge in [0.05, 0.1) is 6.61 Å². The molecule has 0 rings (SSSR count). The molecular formula is C11H18F3NO4. The van der Waals surface area contributed by atoms with Crippen molar-refractivity contribution in [2.75, 3.05) is 13.2 Å². The van der Waals surface area contributed by atoms with Gasteiger partial charge in [0, 0.05) is 6.42 Å². The number of carboxylic acids is 1.